The first-order valence-electron chi connectivity index (χ1n) is 9.50. The fraction of sp³-hybridized carbons (Fsp3) is 0.400. The molecule has 0 bridgehead atoms. The highest BCUT2D eigenvalue weighted by atomic mass is 32.2. The van der Waals surface area contributed by atoms with Gasteiger partial charge >= 0.3 is 5.97 Å². The van der Waals surface area contributed by atoms with E-state index in [1.165, 1.54) is 37.8 Å². The van der Waals surface area contributed by atoms with Crippen LogP contribution in [0.25, 0.3) is 0 Å². The molecule has 0 aliphatic carbocycles. The van der Waals surface area contributed by atoms with Crippen LogP contribution >= 0.6 is 11.3 Å². The maximum Gasteiger partial charge on any atom is 0.340 e. The zero-order valence-corrected chi connectivity index (χ0v) is 19.0. The molecule has 0 saturated carbocycles. The predicted molar refractivity (Wildman–Crippen MR) is 115 cm³/mol. The van der Waals surface area contributed by atoms with Crippen molar-refractivity contribution in [2.75, 3.05) is 39.7 Å². The van der Waals surface area contributed by atoms with Crippen molar-refractivity contribution in [1.82, 2.24) is 4.31 Å². The summed E-state index contributed by atoms with van der Waals surface area (Å²) in [5, 5.41) is 4.43. The number of esters is 1. The smallest absolute Gasteiger partial charge is 0.340 e. The molecule has 1 saturated heterocycles. The van der Waals surface area contributed by atoms with E-state index in [1.807, 2.05) is 0 Å². The fourth-order valence-corrected chi connectivity index (χ4v) is 6.08. The van der Waals surface area contributed by atoms with Gasteiger partial charge in [-0.3, -0.25) is 4.79 Å². The molecule has 31 heavy (non-hydrogen) atoms. The number of benzene rings is 1. The third kappa shape index (κ3) is 4.83. The van der Waals surface area contributed by atoms with E-state index in [1.54, 1.807) is 17.5 Å². The lowest BCUT2D eigenvalue weighted by Gasteiger charge is -2.31. The average Bonchev–Trinajstić information content (AvgIpc) is 3.34. The van der Waals surface area contributed by atoms with Crippen molar-refractivity contribution in [3.05, 3.63) is 35.2 Å². The van der Waals surface area contributed by atoms with E-state index in [4.69, 9.17) is 14.2 Å². The molecule has 1 N–H and O–H groups in total. The van der Waals surface area contributed by atoms with E-state index < -0.39 is 21.9 Å². The first-order chi connectivity index (χ1) is 14.8. The summed E-state index contributed by atoms with van der Waals surface area (Å²) in [5.41, 5.74) is 0.306. The Morgan fingerprint density at radius 3 is 2.48 bits per heavy atom. The summed E-state index contributed by atoms with van der Waals surface area (Å²) in [6, 6.07) is 6.13. The largest absolute Gasteiger partial charge is 0.493 e. The van der Waals surface area contributed by atoms with E-state index in [2.05, 4.69) is 5.32 Å². The van der Waals surface area contributed by atoms with E-state index >= 15 is 0 Å². The van der Waals surface area contributed by atoms with Gasteiger partial charge in [0, 0.05) is 25.2 Å². The predicted octanol–water partition coefficient (Wildman–Crippen LogP) is 2.59. The molecular weight excluding hydrogens is 444 g/mol. The molecule has 2 heterocycles. The Bertz CT molecular complexity index is 1050. The molecule has 1 fully saturated rings. The standard InChI is InChI=1S/C20H24N2O7S2/c1-27-16-10-14(20(24)29-3)15(11-17(16)28-2)21-19(23)13-6-4-8-22(12-13)31(25,26)18-7-5-9-30-18/h5,7,9-11,13H,4,6,8,12H2,1-3H3,(H,21,23)/t13-/m1/s1. The lowest BCUT2D eigenvalue weighted by atomic mass is 9.98. The van der Waals surface area contributed by atoms with Gasteiger partial charge in [0.25, 0.3) is 10.0 Å². The zero-order valence-electron chi connectivity index (χ0n) is 17.4. The van der Waals surface area contributed by atoms with Crippen LogP contribution in [0.3, 0.4) is 0 Å². The Morgan fingerprint density at radius 1 is 1.16 bits per heavy atom. The molecule has 2 aromatic rings. The number of anilines is 1. The van der Waals surface area contributed by atoms with Crippen LogP contribution < -0.4 is 14.8 Å². The van der Waals surface area contributed by atoms with Crippen LogP contribution in [0.5, 0.6) is 11.5 Å². The third-order valence-electron chi connectivity index (χ3n) is 5.03. The Hall–Kier alpha value is -2.63. The molecule has 9 nitrogen and oxygen atoms in total. The van der Waals surface area contributed by atoms with E-state index in [0.717, 1.165) is 11.3 Å². The molecular formula is C20H24N2O7S2. The van der Waals surface area contributed by atoms with E-state index in [0.29, 0.717) is 30.9 Å². The van der Waals surface area contributed by atoms with Gasteiger partial charge in [0.05, 0.1) is 38.5 Å². The summed E-state index contributed by atoms with van der Waals surface area (Å²) in [6.07, 6.45) is 1.08. The molecule has 11 heteroatoms. The van der Waals surface area contributed by atoms with Gasteiger partial charge in [-0.1, -0.05) is 6.07 Å². The van der Waals surface area contributed by atoms with Crippen molar-refractivity contribution in [2.24, 2.45) is 5.92 Å². The molecule has 1 aliphatic heterocycles. The highest BCUT2D eigenvalue weighted by Gasteiger charge is 2.34. The second-order valence-electron chi connectivity index (χ2n) is 6.87. The molecule has 1 amide bonds. The minimum Gasteiger partial charge on any atom is -0.493 e. The Kier molecular flexibility index (Phi) is 7.19. The number of sulfonamides is 1. The zero-order chi connectivity index (χ0) is 22.6. The third-order valence-corrected chi connectivity index (χ3v) is 8.27. The number of ether oxygens (including phenoxy) is 3. The average molecular weight is 469 g/mol. The van der Waals surface area contributed by atoms with Gasteiger partial charge in [-0.25, -0.2) is 13.2 Å². The van der Waals surface area contributed by atoms with Crippen LogP contribution in [0.15, 0.2) is 33.9 Å². The van der Waals surface area contributed by atoms with Gasteiger partial charge in [0.1, 0.15) is 4.21 Å². The SMILES string of the molecule is COC(=O)c1cc(OC)c(OC)cc1NC(=O)[C@@H]1CCCN(S(=O)(=O)c2cccs2)C1. The highest BCUT2D eigenvalue weighted by Crippen LogP contribution is 2.34. The maximum atomic E-state index is 13.0. The van der Waals surface area contributed by atoms with Crippen LogP contribution in [0, 0.1) is 5.92 Å². The number of nitrogens with zero attached hydrogens (tertiary/aromatic N) is 1. The molecule has 3 rings (SSSR count). The molecule has 1 aliphatic rings. The van der Waals surface area contributed by atoms with E-state index in [-0.39, 0.29) is 27.9 Å². The molecule has 0 spiro atoms. The second kappa shape index (κ2) is 9.67. The van der Waals surface area contributed by atoms with Gasteiger partial charge in [0.2, 0.25) is 5.91 Å². The van der Waals surface area contributed by atoms with Crippen LogP contribution in [-0.2, 0) is 19.6 Å². The van der Waals surface area contributed by atoms with Crippen molar-refractivity contribution in [3.63, 3.8) is 0 Å². The quantitative estimate of drug-likeness (QED) is 0.622. The molecule has 1 aromatic carbocycles. The number of rotatable bonds is 7. The van der Waals surface area contributed by atoms with Crippen LogP contribution in [0.2, 0.25) is 0 Å². The summed E-state index contributed by atoms with van der Waals surface area (Å²) >= 11 is 1.14. The summed E-state index contributed by atoms with van der Waals surface area (Å²) in [6.45, 7) is 0.417. The minimum atomic E-state index is -3.64. The van der Waals surface area contributed by atoms with Gasteiger partial charge in [-0.15, -0.1) is 11.3 Å². The molecule has 168 valence electrons. The maximum absolute atomic E-state index is 13.0. The second-order valence-corrected chi connectivity index (χ2v) is 9.98. The van der Waals surface area contributed by atoms with Crippen molar-refractivity contribution in [2.45, 2.75) is 17.1 Å². The number of hydrogen-bond donors (Lipinski definition) is 1. The fourth-order valence-electron chi connectivity index (χ4n) is 3.41. The first-order valence-corrected chi connectivity index (χ1v) is 11.8. The van der Waals surface area contributed by atoms with Crippen LogP contribution in [0.1, 0.15) is 23.2 Å². The van der Waals surface area contributed by atoms with Crippen molar-refractivity contribution in [1.29, 1.82) is 0 Å². The topological polar surface area (TPSA) is 111 Å². The summed E-state index contributed by atoms with van der Waals surface area (Å²) in [4.78, 5) is 25.2. The number of piperidine rings is 1. The Morgan fingerprint density at radius 2 is 1.87 bits per heavy atom. The van der Waals surface area contributed by atoms with Crippen molar-refractivity contribution in [3.8, 4) is 11.5 Å². The normalized spacial score (nSPS) is 17.1. The van der Waals surface area contributed by atoms with Crippen LogP contribution in [-0.4, -0.2) is 59.0 Å². The van der Waals surface area contributed by atoms with Crippen LogP contribution in [0.4, 0.5) is 5.69 Å². The summed E-state index contributed by atoms with van der Waals surface area (Å²) in [7, 11) is 0.466. The lowest BCUT2D eigenvalue weighted by Crippen LogP contribution is -2.43. The number of carbonyl (C=O) groups is 2. The Labute approximate surface area is 185 Å². The van der Waals surface area contributed by atoms with Gasteiger partial charge in [-0.2, -0.15) is 4.31 Å². The first kappa shape index (κ1) is 23.0. The molecule has 1 aromatic heterocycles. The minimum absolute atomic E-state index is 0.0624. The number of amides is 1. The number of thiophene rings is 1. The lowest BCUT2D eigenvalue weighted by molar-refractivity contribution is -0.120. The van der Waals surface area contributed by atoms with Gasteiger partial charge in [-0.05, 0) is 24.3 Å². The summed E-state index contributed by atoms with van der Waals surface area (Å²) in [5.74, 6) is -0.963. The summed E-state index contributed by atoms with van der Waals surface area (Å²) < 4.78 is 42.5. The number of nitrogens with one attached hydrogen (secondary N) is 1. The molecule has 1 atom stereocenters. The Balaban J connectivity index is 1.83. The monoisotopic (exact) mass is 468 g/mol. The van der Waals surface area contributed by atoms with Gasteiger partial charge < -0.3 is 19.5 Å². The number of hydrogen-bond acceptors (Lipinski definition) is 8. The van der Waals surface area contributed by atoms with Gasteiger partial charge in [0.15, 0.2) is 11.5 Å². The molecule has 0 unspecified atom stereocenters. The van der Waals surface area contributed by atoms with E-state index in [9.17, 15) is 18.0 Å². The number of methoxy groups -OCH3 is 3. The highest BCUT2D eigenvalue weighted by molar-refractivity contribution is 7.91. The molecule has 0 radical (unpaired) electrons. The van der Waals surface area contributed by atoms with Crippen molar-refractivity contribution < 1.29 is 32.2 Å². The number of carbonyl (C=O) groups excluding carboxylic acids is 2. The van der Waals surface area contributed by atoms with Crippen molar-refractivity contribution >= 4 is 38.9 Å².